The molecule has 2 unspecified atom stereocenters. The quantitative estimate of drug-likeness (QED) is 0.196. The Morgan fingerprint density at radius 2 is 1.74 bits per heavy atom. The van der Waals surface area contributed by atoms with E-state index in [1.54, 1.807) is 38.1 Å². The first-order valence-corrected chi connectivity index (χ1v) is 15.6. The summed E-state index contributed by atoms with van der Waals surface area (Å²) in [6.45, 7) is 5.44. The molecule has 3 atom stereocenters. The van der Waals surface area contributed by atoms with Crippen LogP contribution >= 0.6 is 23.5 Å². The van der Waals surface area contributed by atoms with E-state index < -0.39 is 35.2 Å². The zero-order valence-corrected chi connectivity index (χ0v) is 25.3. The molecular weight excluding hydrogens is 571 g/mol. The van der Waals surface area contributed by atoms with Crippen LogP contribution in [0.5, 0.6) is 0 Å². The van der Waals surface area contributed by atoms with E-state index in [0.29, 0.717) is 5.75 Å². The van der Waals surface area contributed by atoms with Crippen LogP contribution in [0.2, 0.25) is 0 Å². The van der Waals surface area contributed by atoms with Gasteiger partial charge in [-0.15, -0.1) is 11.8 Å². The first-order chi connectivity index (χ1) is 20.2. The molecule has 2 aromatic carbocycles. The number of fused-ring (bicyclic) bond motifs is 1. The van der Waals surface area contributed by atoms with Crippen LogP contribution in [0.1, 0.15) is 38.0 Å². The van der Waals surface area contributed by atoms with E-state index in [1.165, 1.54) is 23.5 Å². The summed E-state index contributed by atoms with van der Waals surface area (Å²) in [5.74, 6) is -0.315. The highest BCUT2D eigenvalue weighted by atomic mass is 32.2. The van der Waals surface area contributed by atoms with Crippen LogP contribution in [-0.4, -0.2) is 57.2 Å². The highest BCUT2D eigenvalue weighted by Gasteiger charge is 2.57. The van der Waals surface area contributed by atoms with Crippen LogP contribution in [0.15, 0.2) is 102 Å². The number of thioether (sulfide) groups is 2. The van der Waals surface area contributed by atoms with Gasteiger partial charge >= 0.3 is 12.1 Å². The van der Waals surface area contributed by atoms with E-state index in [1.807, 2.05) is 84.3 Å². The topological polar surface area (TPSA) is 97.8 Å². The third kappa shape index (κ3) is 6.82. The summed E-state index contributed by atoms with van der Waals surface area (Å²) in [7, 11) is 0. The number of nitrogens with zero attached hydrogens (tertiary/aromatic N) is 2. The number of β-lactam (4-membered cyclic amide) rings is 1. The van der Waals surface area contributed by atoms with Gasteiger partial charge in [-0.2, -0.15) is 0 Å². The Kier molecular flexibility index (Phi) is 8.93. The minimum atomic E-state index is -1.11. The monoisotopic (exact) mass is 603 g/mol. The van der Waals surface area contributed by atoms with Crippen molar-refractivity contribution in [1.82, 2.24) is 15.2 Å². The first-order valence-electron chi connectivity index (χ1n) is 13.6. The Bertz CT molecular complexity index is 1390. The zero-order valence-electron chi connectivity index (χ0n) is 23.6. The van der Waals surface area contributed by atoms with Crippen molar-refractivity contribution < 1.29 is 23.9 Å². The average molecular weight is 604 g/mol. The molecule has 3 aromatic rings. The summed E-state index contributed by atoms with van der Waals surface area (Å²) in [5.41, 5.74) is -0.0853. The molecule has 5 rings (SSSR count). The number of esters is 1. The molecule has 0 radical (unpaired) electrons. The van der Waals surface area contributed by atoms with Crippen molar-refractivity contribution in [1.29, 1.82) is 0 Å². The molecular formula is C32H33N3O5S2. The van der Waals surface area contributed by atoms with Crippen LogP contribution in [0, 0.1) is 5.41 Å². The number of pyridine rings is 1. The predicted octanol–water partition coefficient (Wildman–Crippen LogP) is 5.82. The molecule has 10 heteroatoms. The van der Waals surface area contributed by atoms with Crippen LogP contribution in [0.25, 0.3) is 0 Å². The highest BCUT2D eigenvalue weighted by molar-refractivity contribution is 8.02. The van der Waals surface area contributed by atoms with E-state index in [-0.39, 0.29) is 17.8 Å². The molecule has 218 valence electrons. The normalized spacial score (nSPS) is 21.9. The number of carbonyl (C=O) groups excluding carboxylic acids is 3. The minimum Gasteiger partial charge on any atom is -0.452 e. The van der Waals surface area contributed by atoms with Crippen LogP contribution in [-0.2, 0) is 19.1 Å². The lowest BCUT2D eigenvalue weighted by Gasteiger charge is -2.53. The fourth-order valence-electron chi connectivity index (χ4n) is 4.79. The summed E-state index contributed by atoms with van der Waals surface area (Å²) < 4.78 is 11.7. The second kappa shape index (κ2) is 12.6. The van der Waals surface area contributed by atoms with Crippen molar-refractivity contribution in [2.45, 2.75) is 48.8 Å². The second-order valence-corrected chi connectivity index (χ2v) is 13.2. The molecule has 0 aliphatic carbocycles. The summed E-state index contributed by atoms with van der Waals surface area (Å²) >= 11 is 2.89. The Labute approximate surface area is 254 Å². The molecule has 3 heterocycles. The number of benzene rings is 2. The summed E-state index contributed by atoms with van der Waals surface area (Å²) in [6, 6.07) is 22.3. The lowest BCUT2D eigenvalue weighted by atomic mass is 9.87. The maximum absolute atomic E-state index is 14.2. The first kappa shape index (κ1) is 29.7. The number of aromatic nitrogens is 1. The van der Waals surface area contributed by atoms with Crippen molar-refractivity contribution in [3.8, 4) is 0 Å². The second-order valence-electron chi connectivity index (χ2n) is 11.2. The van der Waals surface area contributed by atoms with Crippen molar-refractivity contribution in [3.63, 3.8) is 0 Å². The fraction of sp³-hybridized carbons (Fsp3) is 0.312. The van der Waals surface area contributed by atoms with E-state index >= 15 is 0 Å². The smallest absolute Gasteiger partial charge is 0.408 e. The van der Waals surface area contributed by atoms with E-state index in [0.717, 1.165) is 16.0 Å². The minimum absolute atomic E-state index is 0.134. The van der Waals surface area contributed by atoms with Gasteiger partial charge in [0, 0.05) is 29.6 Å². The molecule has 2 amide bonds. The lowest BCUT2D eigenvalue weighted by molar-refractivity contribution is -0.161. The molecule has 2 aliphatic heterocycles. The van der Waals surface area contributed by atoms with Gasteiger partial charge in [0.05, 0.1) is 0 Å². The molecule has 2 saturated heterocycles. The average Bonchev–Trinajstić information content (AvgIpc) is 2.99. The SMILES string of the molecule is CC(C)(C)OC(=O)NC1C(=O)N2CC(C=CSc3cccnc3)(C(=O)OC(c3ccccc3)c3ccccc3)CS[C@H]12. The zero-order chi connectivity index (χ0) is 29.7. The Hall–Kier alpha value is -3.76. The number of carbonyl (C=O) groups is 3. The standard InChI is InChI=1S/C32H33N3O5S2/c1-31(2,3)40-30(38)34-25-27(36)35-20-32(21-42-28(25)35,16-18-41-24-15-10-17-33-19-24)29(37)39-26(22-11-6-4-7-12-22)23-13-8-5-9-14-23/h4-19,25-26,28H,20-21H2,1-3H3,(H,34,38)/t25?,28-,32?/m1/s1. The number of alkyl carbamates (subject to hydrolysis) is 1. The molecule has 1 N–H and O–H groups in total. The van der Waals surface area contributed by atoms with Crippen LogP contribution in [0.4, 0.5) is 4.79 Å². The number of nitrogens with one attached hydrogen (secondary N) is 1. The molecule has 1 aromatic heterocycles. The van der Waals surface area contributed by atoms with Gasteiger partial charge in [0.2, 0.25) is 5.91 Å². The number of ether oxygens (including phenoxy) is 2. The summed E-state index contributed by atoms with van der Waals surface area (Å²) in [5, 5.41) is 4.26. The van der Waals surface area contributed by atoms with E-state index in [9.17, 15) is 14.4 Å². The Morgan fingerprint density at radius 3 is 2.33 bits per heavy atom. The van der Waals surface area contributed by atoms with Gasteiger partial charge < -0.3 is 19.7 Å². The predicted molar refractivity (Wildman–Crippen MR) is 164 cm³/mol. The number of rotatable bonds is 8. The highest BCUT2D eigenvalue weighted by Crippen LogP contribution is 2.45. The van der Waals surface area contributed by atoms with Crippen LogP contribution < -0.4 is 5.32 Å². The Morgan fingerprint density at radius 1 is 1.07 bits per heavy atom. The third-order valence-electron chi connectivity index (χ3n) is 6.84. The molecule has 0 spiro atoms. The molecule has 42 heavy (non-hydrogen) atoms. The molecule has 2 fully saturated rings. The van der Waals surface area contributed by atoms with Gasteiger partial charge in [0.25, 0.3) is 0 Å². The largest absolute Gasteiger partial charge is 0.452 e. The van der Waals surface area contributed by atoms with Gasteiger partial charge in [0.15, 0.2) is 6.10 Å². The van der Waals surface area contributed by atoms with Gasteiger partial charge in [0.1, 0.15) is 22.4 Å². The van der Waals surface area contributed by atoms with E-state index in [4.69, 9.17) is 9.47 Å². The maximum atomic E-state index is 14.2. The Balaban J connectivity index is 1.39. The van der Waals surface area contributed by atoms with Crippen molar-refractivity contribution in [3.05, 3.63) is 108 Å². The number of hydrogen-bond donors (Lipinski definition) is 1. The van der Waals surface area contributed by atoms with Gasteiger partial charge in [-0.3, -0.25) is 14.6 Å². The fourth-order valence-corrected chi connectivity index (χ4v) is 7.06. The number of hydrogen-bond acceptors (Lipinski definition) is 8. The molecule has 2 aliphatic rings. The molecule has 0 bridgehead atoms. The number of amides is 2. The summed E-state index contributed by atoms with van der Waals surface area (Å²) in [6.07, 6.45) is 4.03. The maximum Gasteiger partial charge on any atom is 0.408 e. The molecule has 0 saturated carbocycles. The van der Waals surface area contributed by atoms with Crippen molar-refractivity contribution >= 4 is 41.5 Å². The van der Waals surface area contributed by atoms with Gasteiger partial charge in [-0.25, -0.2) is 4.79 Å². The summed E-state index contributed by atoms with van der Waals surface area (Å²) in [4.78, 5) is 46.5. The van der Waals surface area contributed by atoms with Gasteiger partial charge in [-0.1, -0.05) is 78.5 Å². The van der Waals surface area contributed by atoms with Crippen molar-refractivity contribution in [2.24, 2.45) is 5.41 Å². The molecule has 8 nitrogen and oxygen atoms in total. The third-order valence-corrected chi connectivity index (χ3v) is 9.18. The van der Waals surface area contributed by atoms with E-state index in [2.05, 4.69) is 10.3 Å². The van der Waals surface area contributed by atoms with Gasteiger partial charge in [-0.05, 0) is 49.4 Å². The van der Waals surface area contributed by atoms with Crippen molar-refractivity contribution in [2.75, 3.05) is 12.3 Å². The van der Waals surface area contributed by atoms with Crippen LogP contribution in [0.3, 0.4) is 0 Å². The lowest BCUT2D eigenvalue weighted by Crippen LogP contribution is -2.73.